The summed E-state index contributed by atoms with van der Waals surface area (Å²) < 4.78 is 5.96. The van der Waals surface area contributed by atoms with Crippen molar-refractivity contribution in [1.29, 1.82) is 0 Å². The third-order valence-electron chi connectivity index (χ3n) is 6.62. The lowest BCUT2D eigenvalue weighted by Gasteiger charge is -2.38. The van der Waals surface area contributed by atoms with E-state index in [9.17, 15) is 9.59 Å². The van der Waals surface area contributed by atoms with E-state index in [1.165, 1.54) is 12.8 Å². The minimum atomic E-state index is -0.0876. The quantitative estimate of drug-likeness (QED) is 0.802. The van der Waals surface area contributed by atoms with Crippen LogP contribution in [0.5, 0.6) is 0 Å². The number of aromatic nitrogens is 1. The Hall–Kier alpha value is -2.63. The highest BCUT2D eigenvalue weighted by molar-refractivity contribution is 5.84. The van der Waals surface area contributed by atoms with Crippen LogP contribution in [0.25, 0.3) is 11.5 Å². The van der Waals surface area contributed by atoms with Crippen molar-refractivity contribution in [3.8, 4) is 11.5 Å². The summed E-state index contributed by atoms with van der Waals surface area (Å²) in [6.45, 7) is 1.74. The highest BCUT2D eigenvalue weighted by Gasteiger charge is 2.37. The molecule has 2 amide bonds. The summed E-state index contributed by atoms with van der Waals surface area (Å²) in [6, 6.07) is 10.2. The number of hydrogen-bond acceptors (Lipinski definition) is 4. The van der Waals surface area contributed by atoms with Crippen molar-refractivity contribution < 1.29 is 14.0 Å². The van der Waals surface area contributed by atoms with Crippen LogP contribution in [0.2, 0.25) is 0 Å². The normalized spacial score (nSPS) is 22.8. The zero-order valence-electron chi connectivity index (χ0n) is 16.7. The van der Waals surface area contributed by atoms with Crippen molar-refractivity contribution in [2.24, 2.45) is 5.92 Å². The highest BCUT2D eigenvalue weighted by atomic mass is 16.4. The zero-order valence-corrected chi connectivity index (χ0v) is 16.7. The van der Waals surface area contributed by atoms with Crippen LogP contribution < -0.4 is 0 Å². The standard InChI is InChI=1S/C23H27N3O3/c27-21-11-10-17(14-26(21)18-8-4-5-9-18)23(28)25-13-12-20-19(15-25)24-22(29-20)16-6-2-1-3-7-16/h1-3,6-7,17-18H,4-5,8-15H2. The molecule has 29 heavy (non-hydrogen) atoms. The van der Waals surface area contributed by atoms with Crippen LogP contribution in [0.3, 0.4) is 0 Å². The van der Waals surface area contributed by atoms with Crippen molar-refractivity contribution in [3.05, 3.63) is 41.8 Å². The van der Waals surface area contributed by atoms with Gasteiger partial charge in [-0.3, -0.25) is 9.59 Å². The fourth-order valence-corrected chi connectivity index (χ4v) is 4.99. The Morgan fingerprint density at radius 1 is 1.07 bits per heavy atom. The summed E-state index contributed by atoms with van der Waals surface area (Å²) in [4.78, 5) is 34.2. The first kappa shape index (κ1) is 18.4. The molecule has 1 unspecified atom stereocenters. The van der Waals surface area contributed by atoms with Gasteiger partial charge in [0.15, 0.2) is 0 Å². The first-order valence-corrected chi connectivity index (χ1v) is 10.8. The molecule has 1 atom stereocenters. The summed E-state index contributed by atoms with van der Waals surface area (Å²) in [7, 11) is 0. The van der Waals surface area contributed by atoms with Gasteiger partial charge < -0.3 is 14.2 Å². The third-order valence-corrected chi connectivity index (χ3v) is 6.62. The van der Waals surface area contributed by atoms with Gasteiger partial charge in [0.05, 0.1) is 12.5 Å². The van der Waals surface area contributed by atoms with E-state index >= 15 is 0 Å². The van der Waals surface area contributed by atoms with Crippen molar-refractivity contribution in [3.63, 3.8) is 0 Å². The SMILES string of the molecule is O=C(C1CCC(=O)N(C2CCCC2)C1)N1CCc2oc(-c3ccccc3)nc2C1. The Bertz CT molecular complexity index is 901. The molecule has 0 bridgehead atoms. The number of carbonyl (C=O) groups excluding carboxylic acids is 2. The molecule has 1 aromatic heterocycles. The summed E-state index contributed by atoms with van der Waals surface area (Å²) >= 11 is 0. The van der Waals surface area contributed by atoms with Crippen molar-refractivity contribution in [2.75, 3.05) is 13.1 Å². The molecule has 3 aliphatic rings. The number of rotatable bonds is 3. The van der Waals surface area contributed by atoms with Crippen LogP contribution in [0, 0.1) is 5.92 Å². The second kappa shape index (κ2) is 7.65. The molecule has 3 heterocycles. The van der Waals surface area contributed by atoms with Crippen LogP contribution >= 0.6 is 0 Å². The number of fused-ring (bicyclic) bond motifs is 1. The highest BCUT2D eigenvalue weighted by Crippen LogP contribution is 2.31. The molecule has 0 spiro atoms. The Morgan fingerprint density at radius 2 is 1.86 bits per heavy atom. The summed E-state index contributed by atoms with van der Waals surface area (Å²) in [5.74, 6) is 1.82. The van der Waals surface area contributed by atoms with Crippen molar-refractivity contribution in [2.45, 2.75) is 57.5 Å². The zero-order chi connectivity index (χ0) is 19.8. The molecule has 0 radical (unpaired) electrons. The van der Waals surface area contributed by atoms with E-state index in [2.05, 4.69) is 4.98 Å². The largest absolute Gasteiger partial charge is 0.441 e. The van der Waals surface area contributed by atoms with E-state index < -0.39 is 0 Å². The van der Waals surface area contributed by atoms with Crippen LogP contribution in [-0.2, 0) is 22.6 Å². The monoisotopic (exact) mass is 393 g/mol. The molecule has 6 heteroatoms. The number of benzene rings is 1. The fourth-order valence-electron chi connectivity index (χ4n) is 4.99. The molecule has 1 saturated heterocycles. The second-order valence-corrected chi connectivity index (χ2v) is 8.48. The van der Waals surface area contributed by atoms with Crippen LogP contribution in [0.1, 0.15) is 50.0 Å². The Kier molecular flexibility index (Phi) is 4.86. The van der Waals surface area contributed by atoms with E-state index in [-0.39, 0.29) is 17.7 Å². The average Bonchev–Trinajstić information content (AvgIpc) is 3.43. The number of carbonyl (C=O) groups is 2. The topological polar surface area (TPSA) is 66.7 Å². The molecule has 1 aromatic carbocycles. The minimum absolute atomic E-state index is 0.0876. The van der Waals surface area contributed by atoms with Gasteiger partial charge in [-0.25, -0.2) is 4.98 Å². The maximum absolute atomic E-state index is 13.2. The number of amides is 2. The predicted molar refractivity (Wildman–Crippen MR) is 108 cm³/mol. The van der Waals surface area contributed by atoms with Gasteiger partial charge in [0.25, 0.3) is 0 Å². The van der Waals surface area contributed by atoms with Gasteiger partial charge in [0.1, 0.15) is 11.5 Å². The Morgan fingerprint density at radius 3 is 2.66 bits per heavy atom. The van der Waals surface area contributed by atoms with E-state index in [1.807, 2.05) is 40.1 Å². The van der Waals surface area contributed by atoms with Crippen molar-refractivity contribution >= 4 is 11.8 Å². The molecule has 2 aromatic rings. The predicted octanol–water partition coefficient (Wildman–Crippen LogP) is 3.41. The minimum Gasteiger partial charge on any atom is -0.441 e. The molecular formula is C23H27N3O3. The van der Waals surface area contributed by atoms with Crippen LogP contribution in [0.15, 0.2) is 34.7 Å². The van der Waals surface area contributed by atoms with E-state index in [1.54, 1.807) is 0 Å². The molecule has 2 aliphatic heterocycles. The van der Waals surface area contributed by atoms with Gasteiger partial charge in [0.2, 0.25) is 17.7 Å². The van der Waals surface area contributed by atoms with Crippen LogP contribution in [-0.4, -0.2) is 45.7 Å². The lowest BCUT2D eigenvalue weighted by molar-refractivity contribution is -0.145. The molecule has 0 N–H and O–H groups in total. The molecular weight excluding hydrogens is 366 g/mol. The summed E-state index contributed by atoms with van der Waals surface area (Å²) in [6.07, 6.45) is 6.41. The molecule has 1 aliphatic carbocycles. The summed E-state index contributed by atoms with van der Waals surface area (Å²) in [5, 5.41) is 0. The van der Waals surface area contributed by atoms with Gasteiger partial charge >= 0.3 is 0 Å². The lowest BCUT2D eigenvalue weighted by Crippen LogP contribution is -2.50. The molecule has 152 valence electrons. The Labute approximate surface area is 170 Å². The fraction of sp³-hybridized carbons (Fsp3) is 0.522. The average molecular weight is 393 g/mol. The Balaban J connectivity index is 1.28. The lowest BCUT2D eigenvalue weighted by atomic mass is 9.93. The van der Waals surface area contributed by atoms with Gasteiger partial charge in [-0.15, -0.1) is 0 Å². The number of likely N-dealkylation sites (tertiary alicyclic amines) is 1. The number of oxazole rings is 1. The second-order valence-electron chi connectivity index (χ2n) is 8.48. The number of nitrogens with zero attached hydrogens (tertiary/aromatic N) is 3. The molecule has 5 rings (SSSR count). The maximum atomic E-state index is 13.2. The third kappa shape index (κ3) is 3.56. The maximum Gasteiger partial charge on any atom is 0.227 e. The van der Waals surface area contributed by atoms with Crippen LogP contribution in [0.4, 0.5) is 0 Å². The van der Waals surface area contributed by atoms with Gasteiger partial charge in [-0.1, -0.05) is 31.0 Å². The number of hydrogen-bond donors (Lipinski definition) is 0. The van der Waals surface area contributed by atoms with Gasteiger partial charge in [0, 0.05) is 37.5 Å². The van der Waals surface area contributed by atoms with E-state index in [0.717, 1.165) is 29.9 Å². The number of piperidine rings is 1. The summed E-state index contributed by atoms with van der Waals surface area (Å²) in [5.41, 5.74) is 1.82. The van der Waals surface area contributed by atoms with Crippen molar-refractivity contribution in [1.82, 2.24) is 14.8 Å². The van der Waals surface area contributed by atoms with Gasteiger partial charge in [-0.2, -0.15) is 0 Å². The molecule has 2 fully saturated rings. The van der Waals surface area contributed by atoms with E-state index in [0.29, 0.717) is 50.8 Å². The van der Waals surface area contributed by atoms with E-state index in [4.69, 9.17) is 4.42 Å². The molecule has 6 nitrogen and oxygen atoms in total. The van der Waals surface area contributed by atoms with Gasteiger partial charge in [-0.05, 0) is 31.4 Å². The smallest absolute Gasteiger partial charge is 0.227 e. The first-order valence-electron chi connectivity index (χ1n) is 10.8. The molecule has 1 saturated carbocycles. The first-order chi connectivity index (χ1) is 14.2.